The lowest BCUT2D eigenvalue weighted by atomic mass is 10.2. The second kappa shape index (κ2) is 7.06. The fourth-order valence-electron chi connectivity index (χ4n) is 2.18. The molecule has 0 radical (unpaired) electrons. The van der Waals surface area contributed by atoms with E-state index in [4.69, 9.17) is 5.11 Å². The average Bonchev–Trinajstić information content (AvgIpc) is 3.18. The summed E-state index contributed by atoms with van der Waals surface area (Å²) in [5.74, 6) is 6.24. The lowest BCUT2D eigenvalue weighted by Crippen LogP contribution is -2.27. The zero-order chi connectivity index (χ0) is 14.4. The van der Waals surface area contributed by atoms with Gasteiger partial charge >= 0.3 is 0 Å². The number of aliphatic hydroxyl groups excluding tert-OH is 1. The van der Waals surface area contributed by atoms with Crippen molar-refractivity contribution in [3.63, 3.8) is 0 Å². The Morgan fingerprint density at radius 1 is 1.55 bits per heavy atom. The van der Waals surface area contributed by atoms with Gasteiger partial charge in [-0.25, -0.2) is 4.98 Å². The van der Waals surface area contributed by atoms with E-state index in [2.05, 4.69) is 29.1 Å². The number of rotatable bonds is 5. The first-order valence-electron chi connectivity index (χ1n) is 7.11. The van der Waals surface area contributed by atoms with Gasteiger partial charge in [-0.05, 0) is 30.9 Å². The maximum Gasteiger partial charge on any atom is 0.270 e. The van der Waals surface area contributed by atoms with Crippen molar-refractivity contribution in [1.29, 1.82) is 0 Å². The Morgan fingerprint density at radius 2 is 2.40 bits per heavy atom. The van der Waals surface area contributed by atoms with Crippen molar-refractivity contribution in [3.05, 3.63) is 29.6 Å². The van der Waals surface area contributed by atoms with Gasteiger partial charge in [-0.3, -0.25) is 4.79 Å². The number of pyridine rings is 1. The number of amides is 1. The molecule has 2 rings (SSSR count). The number of hydrogen-bond donors (Lipinski definition) is 2. The number of aliphatic hydroxyl groups is 1. The van der Waals surface area contributed by atoms with E-state index in [1.807, 2.05) is 0 Å². The summed E-state index contributed by atoms with van der Waals surface area (Å²) in [5, 5.41) is 11.6. The van der Waals surface area contributed by atoms with Crippen molar-refractivity contribution in [3.8, 4) is 11.8 Å². The zero-order valence-electron chi connectivity index (χ0n) is 11.7. The summed E-state index contributed by atoms with van der Waals surface area (Å²) in [6.07, 6.45) is 5.47. The molecule has 2 atom stereocenters. The predicted molar refractivity (Wildman–Crippen MR) is 77.1 cm³/mol. The molecule has 1 aliphatic rings. The van der Waals surface area contributed by atoms with Crippen LogP contribution < -0.4 is 5.32 Å². The summed E-state index contributed by atoms with van der Waals surface area (Å²) in [6.45, 7) is 2.22. The SMILES string of the molecule is CCCC1CC1NC(=O)c1ccc(C#CCCO)cn1. The van der Waals surface area contributed by atoms with Crippen LogP contribution in [-0.2, 0) is 0 Å². The van der Waals surface area contributed by atoms with E-state index in [-0.39, 0.29) is 12.5 Å². The summed E-state index contributed by atoms with van der Waals surface area (Å²) >= 11 is 0. The molecule has 0 saturated heterocycles. The quantitative estimate of drug-likeness (QED) is 0.802. The third-order valence-electron chi connectivity index (χ3n) is 3.36. The van der Waals surface area contributed by atoms with Crippen molar-refractivity contribution in [2.45, 2.75) is 38.6 Å². The third kappa shape index (κ3) is 4.07. The minimum absolute atomic E-state index is 0.0568. The fourth-order valence-corrected chi connectivity index (χ4v) is 2.18. The van der Waals surface area contributed by atoms with E-state index >= 15 is 0 Å². The lowest BCUT2D eigenvalue weighted by Gasteiger charge is -2.03. The number of aromatic nitrogens is 1. The largest absolute Gasteiger partial charge is 0.395 e. The van der Waals surface area contributed by atoms with Crippen LogP contribution in [0.1, 0.15) is 48.7 Å². The van der Waals surface area contributed by atoms with Gasteiger partial charge in [0.2, 0.25) is 0 Å². The predicted octanol–water partition coefficient (Wildman–Crippen LogP) is 1.73. The molecule has 0 aromatic carbocycles. The zero-order valence-corrected chi connectivity index (χ0v) is 11.7. The van der Waals surface area contributed by atoms with Crippen LogP contribution in [0.4, 0.5) is 0 Å². The molecule has 1 aromatic rings. The minimum Gasteiger partial charge on any atom is -0.395 e. The highest BCUT2D eigenvalue weighted by Gasteiger charge is 2.37. The Morgan fingerprint density at radius 3 is 3.05 bits per heavy atom. The smallest absolute Gasteiger partial charge is 0.270 e. The monoisotopic (exact) mass is 272 g/mol. The van der Waals surface area contributed by atoms with Crippen molar-refractivity contribution < 1.29 is 9.90 Å². The first-order chi connectivity index (χ1) is 9.74. The van der Waals surface area contributed by atoms with E-state index in [1.165, 1.54) is 6.42 Å². The van der Waals surface area contributed by atoms with Crippen molar-refractivity contribution in [2.24, 2.45) is 5.92 Å². The molecule has 1 fully saturated rings. The molecule has 4 heteroatoms. The number of carbonyl (C=O) groups is 1. The maximum atomic E-state index is 12.0. The molecule has 4 nitrogen and oxygen atoms in total. The van der Waals surface area contributed by atoms with Crippen LogP contribution in [-0.4, -0.2) is 28.6 Å². The number of nitrogens with zero attached hydrogens (tertiary/aromatic N) is 1. The molecule has 1 saturated carbocycles. The van der Waals surface area contributed by atoms with Crippen LogP contribution in [0.5, 0.6) is 0 Å². The van der Waals surface area contributed by atoms with Crippen LogP contribution in [0, 0.1) is 17.8 Å². The normalized spacial score (nSPS) is 19.9. The van der Waals surface area contributed by atoms with Crippen LogP contribution in [0.2, 0.25) is 0 Å². The highest BCUT2D eigenvalue weighted by atomic mass is 16.2. The van der Waals surface area contributed by atoms with Crippen LogP contribution in [0.25, 0.3) is 0 Å². The Balaban J connectivity index is 1.87. The van der Waals surface area contributed by atoms with E-state index in [1.54, 1.807) is 18.3 Å². The van der Waals surface area contributed by atoms with E-state index < -0.39 is 0 Å². The number of nitrogens with one attached hydrogen (secondary N) is 1. The van der Waals surface area contributed by atoms with Gasteiger partial charge in [0.25, 0.3) is 5.91 Å². The second-order valence-electron chi connectivity index (χ2n) is 5.07. The van der Waals surface area contributed by atoms with Crippen molar-refractivity contribution in [1.82, 2.24) is 10.3 Å². The van der Waals surface area contributed by atoms with Crippen molar-refractivity contribution in [2.75, 3.05) is 6.61 Å². The molecule has 0 bridgehead atoms. The number of hydrogen-bond acceptors (Lipinski definition) is 3. The minimum atomic E-state index is -0.108. The maximum absolute atomic E-state index is 12.0. The first kappa shape index (κ1) is 14.5. The second-order valence-corrected chi connectivity index (χ2v) is 5.07. The molecular formula is C16H20N2O2. The van der Waals surface area contributed by atoms with Crippen molar-refractivity contribution >= 4 is 5.91 Å². The van der Waals surface area contributed by atoms with E-state index in [0.717, 1.165) is 18.4 Å². The Bertz CT molecular complexity index is 514. The van der Waals surface area contributed by atoms with Gasteiger partial charge in [0.05, 0.1) is 6.61 Å². The van der Waals surface area contributed by atoms with Gasteiger partial charge in [0.1, 0.15) is 5.69 Å². The Hall–Kier alpha value is -1.86. The molecule has 106 valence electrons. The fraction of sp³-hybridized carbons (Fsp3) is 0.500. The Kier molecular flexibility index (Phi) is 5.14. The summed E-state index contributed by atoms with van der Waals surface area (Å²) in [4.78, 5) is 16.1. The van der Waals surface area contributed by atoms with Gasteiger partial charge in [-0.2, -0.15) is 0 Å². The third-order valence-corrected chi connectivity index (χ3v) is 3.36. The van der Waals surface area contributed by atoms with Crippen LogP contribution >= 0.6 is 0 Å². The molecule has 0 aliphatic heterocycles. The summed E-state index contributed by atoms with van der Waals surface area (Å²) < 4.78 is 0. The van der Waals surface area contributed by atoms with Gasteiger partial charge in [-0.1, -0.05) is 25.2 Å². The van der Waals surface area contributed by atoms with E-state index in [0.29, 0.717) is 24.1 Å². The molecular weight excluding hydrogens is 252 g/mol. The van der Waals surface area contributed by atoms with Gasteiger partial charge in [-0.15, -0.1) is 0 Å². The van der Waals surface area contributed by atoms with E-state index in [9.17, 15) is 4.79 Å². The summed E-state index contributed by atoms with van der Waals surface area (Å²) in [6, 6.07) is 3.80. The molecule has 1 heterocycles. The number of carbonyl (C=O) groups excluding carboxylic acids is 1. The van der Waals surface area contributed by atoms with Gasteiger partial charge in [0.15, 0.2) is 0 Å². The molecule has 2 N–H and O–H groups in total. The molecule has 20 heavy (non-hydrogen) atoms. The topological polar surface area (TPSA) is 62.2 Å². The first-order valence-corrected chi connectivity index (χ1v) is 7.11. The highest BCUT2D eigenvalue weighted by molar-refractivity contribution is 5.92. The highest BCUT2D eigenvalue weighted by Crippen LogP contribution is 2.34. The molecule has 2 unspecified atom stereocenters. The molecule has 0 spiro atoms. The standard InChI is InChI=1S/C16H20N2O2/c1-2-5-13-10-15(13)18-16(20)14-8-7-12(11-17-14)6-3-4-9-19/h7-8,11,13,15,19H,2,4-5,9-10H2,1H3,(H,18,20). The molecule has 1 aromatic heterocycles. The molecule has 1 aliphatic carbocycles. The van der Waals surface area contributed by atoms with Crippen LogP contribution in [0.3, 0.4) is 0 Å². The van der Waals surface area contributed by atoms with Crippen LogP contribution in [0.15, 0.2) is 18.3 Å². The Labute approximate surface area is 119 Å². The summed E-state index contributed by atoms with van der Waals surface area (Å²) in [5.41, 5.74) is 1.19. The van der Waals surface area contributed by atoms with Gasteiger partial charge < -0.3 is 10.4 Å². The van der Waals surface area contributed by atoms with Gasteiger partial charge in [0, 0.05) is 24.2 Å². The average molecular weight is 272 g/mol. The molecule has 1 amide bonds. The lowest BCUT2D eigenvalue weighted by molar-refractivity contribution is 0.0944. The summed E-state index contributed by atoms with van der Waals surface area (Å²) in [7, 11) is 0.